The lowest BCUT2D eigenvalue weighted by molar-refractivity contribution is -0.136. The van der Waals surface area contributed by atoms with E-state index in [0.29, 0.717) is 17.2 Å². The molecule has 0 aliphatic heterocycles. The molecule has 0 aliphatic carbocycles. The van der Waals surface area contributed by atoms with Crippen molar-refractivity contribution in [1.82, 2.24) is 4.72 Å². The number of nitrogens with one attached hydrogen (secondary N) is 1. The molecule has 0 heterocycles. The van der Waals surface area contributed by atoms with E-state index in [4.69, 9.17) is 16.7 Å². The molecular weight excluding hydrogens is 394 g/mol. The highest BCUT2D eigenvalue weighted by molar-refractivity contribution is 7.99. The van der Waals surface area contributed by atoms with E-state index in [2.05, 4.69) is 4.72 Å². The second kappa shape index (κ2) is 9.41. The lowest BCUT2D eigenvalue weighted by Crippen LogP contribution is -2.26. The summed E-state index contributed by atoms with van der Waals surface area (Å²) in [6.07, 6.45) is 0.601. The fourth-order valence-corrected chi connectivity index (χ4v) is 4.55. The molecule has 0 amide bonds. The van der Waals surface area contributed by atoms with Gasteiger partial charge in [0.2, 0.25) is 10.0 Å². The molecule has 5 nitrogen and oxygen atoms in total. The number of benzene rings is 2. The number of sulfonamides is 1. The highest BCUT2D eigenvalue weighted by Gasteiger charge is 2.14. The van der Waals surface area contributed by atoms with Crippen molar-refractivity contribution >= 4 is 39.4 Å². The van der Waals surface area contributed by atoms with Gasteiger partial charge in [-0.15, -0.1) is 11.8 Å². The molecule has 0 saturated heterocycles. The van der Waals surface area contributed by atoms with E-state index in [0.717, 1.165) is 16.0 Å². The summed E-state index contributed by atoms with van der Waals surface area (Å²) in [5.74, 6) is -0.357. The van der Waals surface area contributed by atoms with Gasteiger partial charge in [0.25, 0.3) is 0 Å². The molecule has 0 saturated carbocycles. The quantitative estimate of drug-likeness (QED) is 0.612. The summed E-state index contributed by atoms with van der Waals surface area (Å²) < 4.78 is 27.2. The molecular formula is C18H20ClNO4S2. The molecule has 0 spiro atoms. The van der Waals surface area contributed by atoms with Crippen molar-refractivity contribution in [2.45, 2.75) is 29.6 Å². The van der Waals surface area contributed by atoms with Crippen LogP contribution >= 0.6 is 23.4 Å². The first-order valence-electron chi connectivity index (χ1n) is 7.97. The van der Waals surface area contributed by atoms with Gasteiger partial charge in [-0.05, 0) is 49.2 Å². The number of hydrogen-bond donors (Lipinski definition) is 2. The Hall–Kier alpha value is -1.54. The normalized spacial score (nSPS) is 11.5. The van der Waals surface area contributed by atoms with Gasteiger partial charge in [-0.25, -0.2) is 13.1 Å². The van der Waals surface area contributed by atoms with Crippen LogP contribution in [-0.2, 0) is 21.2 Å². The Morgan fingerprint density at radius 1 is 1.19 bits per heavy atom. The lowest BCUT2D eigenvalue weighted by Gasteiger charge is -2.11. The monoisotopic (exact) mass is 413 g/mol. The Balaban J connectivity index is 2.00. The van der Waals surface area contributed by atoms with Crippen LogP contribution < -0.4 is 4.72 Å². The van der Waals surface area contributed by atoms with Gasteiger partial charge >= 0.3 is 5.97 Å². The maximum Gasteiger partial charge on any atom is 0.304 e. The van der Waals surface area contributed by atoms with Crippen LogP contribution in [0.4, 0.5) is 0 Å². The Morgan fingerprint density at radius 2 is 1.88 bits per heavy atom. The molecule has 0 aromatic heterocycles. The fraction of sp³-hybridized carbons (Fsp3) is 0.278. The zero-order valence-corrected chi connectivity index (χ0v) is 16.6. The van der Waals surface area contributed by atoms with E-state index in [1.165, 1.54) is 36.0 Å². The highest BCUT2D eigenvalue weighted by Crippen LogP contribution is 2.25. The van der Waals surface area contributed by atoms with Crippen LogP contribution in [-0.4, -0.2) is 31.8 Å². The van der Waals surface area contributed by atoms with Crippen molar-refractivity contribution < 1.29 is 18.3 Å². The molecule has 0 atom stereocenters. The van der Waals surface area contributed by atoms with Crippen molar-refractivity contribution in [3.63, 3.8) is 0 Å². The standard InChI is InChI=1S/C18H20ClNO4S2/c1-13-2-3-14(17(12-13)25-11-9-18(21)22)8-10-20-26(23,24)16-6-4-15(19)5-7-16/h2-7,12,20H,8-11H2,1H3,(H,21,22). The summed E-state index contributed by atoms with van der Waals surface area (Å²) in [5, 5.41) is 9.25. The van der Waals surface area contributed by atoms with E-state index >= 15 is 0 Å². The second-order valence-electron chi connectivity index (χ2n) is 5.71. The van der Waals surface area contributed by atoms with Gasteiger partial charge in [-0.1, -0.05) is 29.3 Å². The fourth-order valence-electron chi connectivity index (χ4n) is 2.27. The van der Waals surface area contributed by atoms with Crippen LogP contribution in [0.25, 0.3) is 0 Å². The van der Waals surface area contributed by atoms with Crippen LogP contribution in [0.1, 0.15) is 17.5 Å². The third-order valence-electron chi connectivity index (χ3n) is 3.61. The molecule has 0 aliphatic rings. The van der Waals surface area contributed by atoms with Crippen LogP contribution in [0.15, 0.2) is 52.3 Å². The van der Waals surface area contributed by atoms with Crippen LogP contribution in [0.5, 0.6) is 0 Å². The van der Waals surface area contributed by atoms with Crippen LogP contribution in [0.3, 0.4) is 0 Å². The minimum absolute atomic E-state index is 0.0846. The van der Waals surface area contributed by atoms with E-state index in [9.17, 15) is 13.2 Å². The lowest BCUT2D eigenvalue weighted by atomic mass is 10.1. The van der Waals surface area contributed by atoms with Gasteiger partial charge in [0.1, 0.15) is 0 Å². The van der Waals surface area contributed by atoms with Crippen molar-refractivity contribution in [2.75, 3.05) is 12.3 Å². The van der Waals surface area contributed by atoms with Crippen molar-refractivity contribution in [1.29, 1.82) is 0 Å². The number of carboxylic acids is 1. The predicted octanol–water partition coefficient (Wildman–Crippen LogP) is 3.74. The average molecular weight is 414 g/mol. The van der Waals surface area contributed by atoms with Gasteiger partial charge in [-0.2, -0.15) is 0 Å². The van der Waals surface area contributed by atoms with Crippen molar-refractivity contribution in [2.24, 2.45) is 0 Å². The Kier molecular flexibility index (Phi) is 7.52. The first-order chi connectivity index (χ1) is 12.3. The van der Waals surface area contributed by atoms with Crippen molar-refractivity contribution in [3.05, 3.63) is 58.6 Å². The first-order valence-corrected chi connectivity index (χ1v) is 10.8. The zero-order valence-electron chi connectivity index (χ0n) is 14.2. The molecule has 8 heteroatoms. The largest absolute Gasteiger partial charge is 0.481 e. The number of carbonyl (C=O) groups is 1. The molecule has 2 N–H and O–H groups in total. The second-order valence-corrected chi connectivity index (χ2v) is 9.05. The van der Waals surface area contributed by atoms with Gasteiger partial charge in [-0.3, -0.25) is 4.79 Å². The molecule has 2 aromatic carbocycles. The number of rotatable bonds is 9. The molecule has 26 heavy (non-hydrogen) atoms. The Labute approximate surface area is 162 Å². The SMILES string of the molecule is Cc1ccc(CCNS(=O)(=O)c2ccc(Cl)cc2)c(SCCC(=O)O)c1. The average Bonchev–Trinajstić information content (AvgIpc) is 2.57. The predicted molar refractivity (Wildman–Crippen MR) is 105 cm³/mol. The third-order valence-corrected chi connectivity index (χ3v) is 6.43. The van der Waals surface area contributed by atoms with Gasteiger partial charge < -0.3 is 5.11 Å². The maximum absolute atomic E-state index is 12.3. The summed E-state index contributed by atoms with van der Waals surface area (Å²) in [6.45, 7) is 2.22. The number of thioether (sulfide) groups is 1. The number of hydrogen-bond acceptors (Lipinski definition) is 4. The highest BCUT2D eigenvalue weighted by atomic mass is 35.5. The number of aryl methyl sites for hydroxylation is 1. The van der Waals surface area contributed by atoms with Crippen LogP contribution in [0, 0.1) is 6.92 Å². The summed E-state index contributed by atoms with van der Waals surface area (Å²) in [6, 6.07) is 11.9. The van der Waals surface area contributed by atoms with Gasteiger partial charge in [0.15, 0.2) is 0 Å². The minimum Gasteiger partial charge on any atom is -0.481 e. The summed E-state index contributed by atoms with van der Waals surface area (Å²) in [4.78, 5) is 11.8. The summed E-state index contributed by atoms with van der Waals surface area (Å²) >= 11 is 7.26. The molecule has 0 fully saturated rings. The topological polar surface area (TPSA) is 83.5 Å². The Morgan fingerprint density at radius 3 is 2.54 bits per heavy atom. The third kappa shape index (κ3) is 6.32. The Bertz CT molecular complexity index is 867. The van der Waals surface area contributed by atoms with E-state index in [1.807, 2.05) is 25.1 Å². The first kappa shape index (κ1) is 20.8. The number of carboxylic acid groups (broad SMARTS) is 1. The molecule has 0 bridgehead atoms. The number of aliphatic carboxylic acids is 1. The van der Waals surface area contributed by atoms with Crippen LogP contribution in [0.2, 0.25) is 5.02 Å². The molecule has 0 radical (unpaired) electrons. The molecule has 0 unspecified atom stereocenters. The van der Waals surface area contributed by atoms with Gasteiger partial charge in [0, 0.05) is 22.2 Å². The van der Waals surface area contributed by atoms with Gasteiger partial charge in [0.05, 0.1) is 11.3 Å². The molecule has 140 valence electrons. The zero-order chi connectivity index (χ0) is 19.2. The van der Waals surface area contributed by atoms with E-state index in [-0.39, 0.29) is 17.9 Å². The van der Waals surface area contributed by atoms with E-state index < -0.39 is 16.0 Å². The summed E-state index contributed by atoms with van der Waals surface area (Å²) in [7, 11) is -3.59. The maximum atomic E-state index is 12.3. The smallest absolute Gasteiger partial charge is 0.304 e. The molecule has 2 rings (SSSR count). The summed E-state index contributed by atoms with van der Waals surface area (Å²) in [5.41, 5.74) is 2.07. The van der Waals surface area contributed by atoms with Crippen molar-refractivity contribution in [3.8, 4) is 0 Å². The van der Waals surface area contributed by atoms with E-state index in [1.54, 1.807) is 0 Å². The molecule has 2 aromatic rings. The number of halogens is 1. The minimum atomic E-state index is -3.59.